The van der Waals surface area contributed by atoms with E-state index in [0.717, 1.165) is 5.56 Å². The molecule has 1 unspecified atom stereocenters. The highest BCUT2D eigenvalue weighted by Gasteiger charge is 2.28. The quantitative estimate of drug-likeness (QED) is 0.885. The van der Waals surface area contributed by atoms with E-state index in [2.05, 4.69) is 5.32 Å². The molecule has 0 spiro atoms. The van der Waals surface area contributed by atoms with Gasteiger partial charge in [-0.25, -0.2) is 4.79 Å². The molecule has 1 fully saturated rings. The van der Waals surface area contributed by atoms with Crippen LogP contribution in [0.5, 0.6) is 0 Å². The van der Waals surface area contributed by atoms with Crippen LogP contribution in [0.4, 0.5) is 10.5 Å². The molecule has 7 nitrogen and oxygen atoms in total. The molecule has 1 heterocycles. The van der Waals surface area contributed by atoms with E-state index >= 15 is 0 Å². The Bertz CT molecular complexity index is 657. The van der Waals surface area contributed by atoms with Crippen molar-refractivity contribution >= 4 is 23.6 Å². The molecular formula is C17H23N3O4. The lowest BCUT2D eigenvalue weighted by atomic mass is 9.99. The maximum atomic E-state index is 12.3. The number of rotatable bonds is 3. The van der Waals surface area contributed by atoms with Gasteiger partial charge in [-0.05, 0) is 43.5 Å². The average molecular weight is 333 g/mol. The summed E-state index contributed by atoms with van der Waals surface area (Å²) in [5.74, 6) is -1.47. The molecule has 1 aliphatic rings. The Balaban J connectivity index is 2.05. The van der Waals surface area contributed by atoms with Crippen molar-refractivity contribution in [3.63, 3.8) is 0 Å². The summed E-state index contributed by atoms with van der Waals surface area (Å²) in [5, 5.41) is 11.9. The fourth-order valence-electron chi connectivity index (χ4n) is 2.79. The van der Waals surface area contributed by atoms with E-state index in [4.69, 9.17) is 5.11 Å². The van der Waals surface area contributed by atoms with Crippen molar-refractivity contribution in [3.05, 3.63) is 29.3 Å². The number of anilines is 1. The number of carbonyl (C=O) groups is 3. The zero-order valence-corrected chi connectivity index (χ0v) is 14.2. The number of aliphatic carboxylic acids is 1. The van der Waals surface area contributed by atoms with Gasteiger partial charge in [0.15, 0.2) is 0 Å². The Morgan fingerprint density at radius 3 is 2.58 bits per heavy atom. The van der Waals surface area contributed by atoms with Crippen LogP contribution in [-0.4, -0.2) is 60.0 Å². The zero-order valence-electron chi connectivity index (χ0n) is 14.2. The average Bonchev–Trinajstić information content (AvgIpc) is 2.54. The van der Waals surface area contributed by atoms with E-state index in [1.54, 1.807) is 32.3 Å². The first-order chi connectivity index (χ1) is 11.3. The molecule has 24 heavy (non-hydrogen) atoms. The molecule has 1 aromatic carbocycles. The minimum Gasteiger partial charge on any atom is -0.481 e. The van der Waals surface area contributed by atoms with Crippen LogP contribution in [0.3, 0.4) is 0 Å². The molecule has 0 aliphatic carbocycles. The highest BCUT2D eigenvalue weighted by Crippen LogP contribution is 2.20. The van der Waals surface area contributed by atoms with Crippen LogP contribution in [0.2, 0.25) is 0 Å². The van der Waals surface area contributed by atoms with Crippen molar-refractivity contribution in [1.29, 1.82) is 0 Å². The van der Waals surface area contributed by atoms with Crippen molar-refractivity contribution in [3.8, 4) is 0 Å². The summed E-state index contributed by atoms with van der Waals surface area (Å²) in [4.78, 5) is 38.5. The van der Waals surface area contributed by atoms with Gasteiger partial charge in [0.1, 0.15) is 0 Å². The maximum Gasteiger partial charge on any atom is 0.321 e. The summed E-state index contributed by atoms with van der Waals surface area (Å²) in [5.41, 5.74) is 1.95. The Kier molecular flexibility index (Phi) is 5.43. The van der Waals surface area contributed by atoms with Gasteiger partial charge in [-0.3, -0.25) is 9.59 Å². The van der Waals surface area contributed by atoms with Gasteiger partial charge in [0.05, 0.1) is 5.92 Å². The molecule has 3 amide bonds. The van der Waals surface area contributed by atoms with E-state index in [0.29, 0.717) is 30.6 Å². The van der Waals surface area contributed by atoms with Crippen molar-refractivity contribution in [2.75, 3.05) is 32.5 Å². The van der Waals surface area contributed by atoms with Crippen LogP contribution in [0.15, 0.2) is 18.2 Å². The summed E-state index contributed by atoms with van der Waals surface area (Å²) in [7, 11) is 3.37. The number of urea groups is 1. The van der Waals surface area contributed by atoms with Crippen molar-refractivity contribution < 1.29 is 19.5 Å². The first kappa shape index (κ1) is 17.8. The predicted octanol–water partition coefficient (Wildman–Crippen LogP) is 2.03. The van der Waals surface area contributed by atoms with Gasteiger partial charge in [0.2, 0.25) is 0 Å². The van der Waals surface area contributed by atoms with Crippen LogP contribution < -0.4 is 5.32 Å². The largest absolute Gasteiger partial charge is 0.481 e. The molecule has 0 radical (unpaired) electrons. The molecule has 2 N–H and O–H groups in total. The van der Waals surface area contributed by atoms with Gasteiger partial charge in [-0.2, -0.15) is 0 Å². The fourth-order valence-corrected chi connectivity index (χ4v) is 2.79. The second-order valence-electron chi connectivity index (χ2n) is 6.28. The Morgan fingerprint density at radius 2 is 2.00 bits per heavy atom. The summed E-state index contributed by atoms with van der Waals surface area (Å²) in [6, 6.07) is 4.80. The minimum atomic E-state index is -0.866. The highest BCUT2D eigenvalue weighted by molar-refractivity contribution is 5.96. The van der Waals surface area contributed by atoms with E-state index in [9.17, 15) is 14.4 Å². The molecule has 2 rings (SSSR count). The van der Waals surface area contributed by atoms with E-state index in [1.165, 1.54) is 9.80 Å². The number of hydrogen-bond donors (Lipinski definition) is 2. The number of benzene rings is 1. The lowest BCUT2D eigenvalue weighted by Gasteiger charge is -2.30. The minimum absolute atomic E-state index is 0.0919. The van der Waals surface area contributed by atoms with E-state index in [-0.39, 0.29) is 18.5 Å². The highest BCUT2D eigenvalue weighted by atomic mass is 16.4. The van der Waals surface area contributed by atoms with Crippen LogP contribution in [0.25, 0.3) is 0 Å². The van der Waals surface area contributed by atoms with Crippen LogP contribution in [0, 0.1) is 12.8 Å². The number of aryl methyl sites for hydroxylation is 1. The molecule has 1 aliphatic heterocycles. The molecular weight excluding hydrogens is 310 g/mol. The van der Waals surface area contributed by atoms with Crippen LogP contribution >= 0.6 is 0 Å². The predicted molar refractivity (Wildman–Crippen MR) is 90.1 cm³/mol. The summed E-state index contributed by atoms with van der Waals surface area (Å²) >= 11 is 0. The molecule has 1 aromatic rings. The number of nitrogens with zero attached hydrogens (tertiary/aromatic N) is 2. The third-order valence-electron chi connectivity index (χ3n) is 4.17. The topological polar surface area (TPSA) is 90.0 Å². The third-order valence-corrected chi connectivity index (χ3v) is 4.17. The number of hydrogen-bond acceptors (Lipinski definition) is 3. The van der Waals surface area contributed by atoms with Crippen LogP contribution in [0.1, 0.15) is 28.8 Å². The second kappa shape index (κ2) is 7.33. The standard InChI is InChI=1S/C17H23N3O4/c1-11-9-13(6-7-14(11)15(21)19(2)3)18-17(24)20-8-4-5-12(10-20)16(22)23/h6-7,9,12H,4-5,8,10H2,1-3H3,(H,18,24)(H,22,23). The number of nitrogens with one attached hydrogen (secondary N) is 1. The molecule has 7 heteroatoms. The zero-order chi connectivity index (χ0) is 17.9. The lowest BCUT2D eigenvalue weighted by molar-refractivity contribution is -0.143. The Labute approximate surface area is 141 Å². The van der Waals surface area contributed by atoms with E-state index < -0.39 is 11.9 Å². The van der Waals surface area contributed by atoms with Gasteiger partial charge in [0, 0.05) is 38.4 Å². The number of amides is 3. The van der Waals surface area contributed by atoms with Gasteiger partial charge < -0.3 is 20.2 Å². The summed E-state index contributed by atoms with van der Waals surface area (Å²) < 4.78 is 0. The lowest BCUT2D eigenvalue weighted by Crippen LogP contribution is -2.44. The van der Waals surface area contributed by atoms with Crippen molar-refractivity contribution in [2.24, 2.45) is 5.92 Å². The first-order valence-electron chi connectivity index (χ1n) is 7.90. The smallest absolute Gasteiger partial charge is 0.321 e. The summed E-state index contributed by atoms with van der Waals surface area (Å²) in [6.45, 7) is 2.58. The van der Waals surface area contributed by atoms with E-state index in [1.807, 2.05) is 6.92 Å². The SMILES string of the molecule is Cc1cc(NC(=O)N2CCCC(C(=O)O)C2)ccc1C(=O)N(C)C. The number of piperidine rings is 1. The Morgan fingerprint density at radius 1 is 1.29 bits per heavy atom. The number of likely N-dealkylation sites (tertiary alicyclic amines) is 1. The fraction of sp³-hybridized carbons (Fsp3) is 0.471. The molecule has 130 valence electrons. The van der Waals surface area contributed by atoms with Gasteiger partial charge in [0.25, 0.3) is 5.91 Å². The van der Waals surface area contributed by atoms with Crippen LogP contribution in [-0.2, 0) is 4.79 Å². The molecule has 1 atom stereocenters. The second-order valence-corrected chi connectivity index (χ2v) is 6.28. The molecule has 0 bridgehead atoms. The number of carboxylic acid groups (broad SMARTS) is 1. The normalized spacial score (nSPS) is 17.3. The van der Waals surface area contributed by atoms with Crippen molar-refractivity contribution in [2.45, 2.75) is 19.8 Å². The van der Waals surface area contributed by atoms with Gasteiger partial charge >= 0.3 is 12.0 Å². The number of carbonyl (C=O) groups excluding carboxylic acids is 2. The first-order valence-corrected chi connectivity index (χ1v) is 7.90. The monoisotopic (exact) mass is 333 g/mol. The molecule has 0 aromatic heterocycles. The maximum absolute atomic E-state index is 12.3. The van der Waals surface area contributed by atoms with Gasteiger partial charge in [-0.1, -0.05) is 0 Å². The number of carboxylic acids is 1. The van der Waals surface area contributed by atoms with Gasteiger partial charge in [-0.15, -0.1) is 0 Å². The molecule has 0 saturated carbocycles. The summed E-state index contributed by atoms with van der Waals surface area (Å²) in [6.07, 6.45) is 1.28. The molecule has 1 saturated heterocycles. The van der Waals surface area contributed by atoms with Crippen molar-refractivity contribution in [1.82, 2.24) is 9.80 Å². The Hall–Kier alpha value is -2.57. The third kappa shape index (κ3) is 4.04.